The zero-order valence-corrected chi connectivity index (χ0v) is 8.08. The number of nitrogens with one attached hydrogen (secondary N) is 1. The first-order chi connectivity index (χ1) is 6.45. The molecule has 0 saturated heterocycles. The molecule has 78 valence electrons. The molecule has 0 aliphatic heterocycles. The first-order valence-corrected chi connectivity index (χ1v) is 4.20. The van der Waals surface area contributed by atoms with E-state index in [0.29, 0.717) is 12.1 Å². The number of hydrogen-bond acceptors (Lipinski definition) is 2. The minimum absolute atomic E-state index is 0.117. The van der Waals surface area contributed by atoms with Crippen LogP contribution < -0.4 is 5.32 Å². The first-order valence-electron chi connectivity index (χ1n) is 3.82. The minimum Gasteiger partial charge on any atom is -0.316 e. The van der Waals surface area contributed by atoms with Crippen LogP contribution in [0.4, 0.5) is 13.2 Å². The molecular weight excluding hydrogens is 217 g/mol. The smallest absolute Gasteiger partial charge is 0.316 e. The summed E-state index contributed by atoms with van der Waals surface area (Å²) in [6.45, 7) is 0.393. The second-order valence-corrected chi connectivity index (χ2v) is 3.03. The van der Waals surface area contributed by atoms with Gasteiger partial charge < -0.3 is 5.32 Å². The summed E-state index contributed by atoms with van der Waals surface area (Å²) >= 11 is 5.56. The molecule has 6 heteroatoms. The van der Waals surface area contributed by atoms with Gasteiger partial charge in [-0.2, -0.15) is 13.2 Å². The maximum Gasteiger partial charge on any atom is 0.433 e. The van der Waals surface area contributed by atoms with Gasteiger partial charge in [0, 0.05) is 12.1 Å². The van der Waals surface area contributed by atoms with E-state index < -0.39 is 11.9 Å². The molecule has 0 saturated carbocycles. The number of nitrogens with zero attached hydrogens (tertiary/aromatic N) is 1. The predicted octanol–water partition coefficient (Wildman–Crippen LogP) is 2.47. The van der Waals surface area contributed by atoms with Gasteiger partial charge in [-0.15, -0.1) is 0 Å². The lowest BCUT2D eigenvalue weighted by Gasteiger charge is -2.08. The Morgan fingerprint density at radius 3 is 2.50 bits per heavy atom. The number of hydrogen-bond donors (Lipinski definition) is 1. The molecule has 14 heavy (non-hydrogen) atoms. The highest BCUT2D eigenvalue weighted by molar-refractivity contribution is 6.30. The summed E-state index contributed by atoms with van der Waals surface area (Å²) < 4.78 is 36.4. The highest BCUT2D eigenvalue weighted by atomic mass is 35.5. The lowest BCUT2D eigenvalue weighted by molar-refractivity contribution is -0.141. The fourth-order valence-electron chi connectivity index (χ4n) is 0.943. The normalized spacial score (nSPS) is 11.8. The third-order valence-electron chi connectivity index (χ3n) is 1.58. The van der Waals surface area contributed by atoms with Crippen molar-refractivity contribution in [3.63, 3.8) is 0 Å². The van der Waals surface area contributed by atoms with Crippen molar-refractivity contribution < 1.29 is 13.2 Å². The topological polar surface area (TPSA) is 24.9 Å². The van der Waals surface area contributed by atoms with Gasteiger partial charge in [0.1, 0.15) is 10.8 Å². The largest absolute Gasteiger partial charge is 0.433 e. The number of rotatable bonds is 2. The lowest BCUT2D eigenvalue weighted by atomic mass is 10.2. The van der Waals surface area contributed by atoms with Gasteiger partial charge in [0.15, 0.2) is 0 Å². The van der Waals surface area contributed by atoms with Crippen LogP contribution in [0.5, 0.6) is 0 Å². The molecule has 0 bridgehead atoms. The molecule has 1 aromatic heterocycles. The van der Waals surface area contributed by atoms with Gasteiger partial charge in [0.25, 0.3) is 0 Å². The molecule has 0 atom stereocenters. The van der Waals surface area contributed by atoms with Crippen molar-refractivity contribution in [3.05, 3.63) is 28.5 Å². The van der Waals surface area contributed by atoms with Crippen molar-refractivity contribution in [2.24, 2.45) is 0 Å². The van der Waals surface area contributed by atoms with Crippen LogP contribution in [-0.4, -0.2) is 12.0 Å². The first kappa shape index (κ1) is 11.3. The van der Waals surface area contributed by atoms with Gasteiger partial charge >= 0.3 is 6.18 Å². The molecule has 0 aromatic carbocycles. The van der Waals surface area contributed by atoms with E-state index in [-0.39, 0.29) is 5.15 Å². The molecule has 0 aliphatic carbocycles. The summed E-state index contributed by atoms with van der Waals surface area (Å²) in [4.78, 5) is 3.26. The van der Waals surface area contributed by atoms with Crippen molar-refractivity contribution in [2.45, 2.75) is 12.7 Å². The second kappa shape index (κ2) is 4.14. The monoisotopic (exact) mass is 224 g/mol. The SMILES string of the molecule is CNCc1ccc(C(F)(F)F)nc1Cl. The Balaban J connectivity index is 3.01. The summed E-state index contributed by atoms with van der Waals surface area (Å²) in [6.07, 6.45) is -4.44. The van der Waals surface area contributed by atoms with Crippen LogP contribution in [0, 0.1) is 0 Å². The Kier molecular flexibility index (Phi) is 3.34. The predicted molar refractivity (Wildman–Crippen MR) is 47.0 cm³/mol. The Hall–Kier alpha value is -0.810. The van der Waals surface area contributed by atoms with E-state index >= 15 is 0 Å². The lowest BCUT2D eigenvalue weighted by Crippen LogP contribution is -2.11. The van der Waals surface area contributed by atoms with Crippen molar-refractivity contribution in [1.29, 1.82) is 0 Å². The Labute approximate surface area is 84.1 Å². The number of alkyl halides is 3. The zero-order chi connectivity index (χ0) is 10.8. The Morgan fingerprint density at radius 1 is 1.43 bits per heavy atom. The highest BCUT2D eigenvalue weighted by Crippen LogP contribution is 2.29. The van der Waals surface area contributed by atoms with Gasteiger partial charge in [-0.05, 0) is 13.1 Å². The molecule has 0 aliphatic rings. The maximum atomic E-state index is 12.1. The van der Waals surface area contributed by atoms with E-state index in [2.05, 4.69) is 10.3 Å². The van der Waals surface area contributed by atoms with Crippen LogP contribution in [0.2, 0.25) is 5.15 Å². The molecule has 1 heterocycles. The minimum atomic E-state index is -4.44. The maximum absolute atomic E-state index is 12.1. The van der Waals surface area contributed by atoms with E-state index in [1.807, 2.05) is 0 Å². The van der Waals surface area contributed by atoms with Gasteiger partial charge in [0.2, 0.25) is 0 Å². The molecule has 0 radical (unpaired) electrons. The van der Waals surface area contributed by atoms with Crippen LogP contribution in [0.3, 0.4) is 0 Å². The van der Waals surface area contributed by atoms with E-state index in [0.717, 1.165) is 6.07 Å². The fourth-order valence-corrected chi connectivity index (χ4v) is 1.16. The average molecular weight is 225 g/mol. The van der Waals surface area contributed by atoms with Crippen LogP contribution in [0.15, 0.2) is 12.1 Å². The van der Waals surface area contributed by atoms with Gasteiger partial charge in [-0.25, -0.2) is 4.98 Å². The zero-order valence-electron chi connectivity index (χ0n) is 7.32. The van der Waals surface area contributed by atoms with Gasteiger partial charge in [0.05, 0.1) is 0 Å². The van der Waals surface area contributed by atoms with E-state index in [1.165, 1.54) is 6.07 Å². The summed E-state index contributed by atoms with van der Waals surface area (Å²) in [5.74, 6) is 0. The molecule has 0 amide bonds. The van der Waals surface area contributed by atoms with E-state index in [4.69, 9.17) is 11.6 Å². The molecule has 1 aromatic rings. The number of aromatic nitrogens is 1. The van der Waals surface area contributed by atoms with Gasteiger partial charge in [-0.1, -0.05) is 17.7 Å². The number of halogens is 4. The van der Waals surface area contributed by atoms with Crippen molar-refractivity contribution in [2.75, 3.05) is 7.05 Å². The Bertz CT molecular complexity index is 325. The third-order valence-corrected chi connectivity index (χ3v) is 1.91. The van der Waals surface area contributed by atoms with Crippen LogP contribution >= 0.6 is 11.6 Å². The van der Waals surface area contributed by atoms with Crippen LogP contribution in [-0.2, 0) is 12.7 Å². The average Bonchev–Trinajstić information content (AvgIpc) is 2.07. The van der Waals surface area contributed by atoms with Crippen LogP contribution in [0.25, 0.3) is 0 Å². The van der Waals surface area contributed by atoms with Crippen molar-refractivity contribution in [3.8, 4) is 0 Å². The van der Waals surface area contributed by atoms with Crippen molar-refractivity contribution in [1.82, 2.24) is 10.3 Å². The molecular formula is C8H8ClF3N2. The fraction of sp³-hybridized carbons (Fsp3) is 0.375. The molecule has 0 spiro atoms. The summed E-state index contributed by atoms with van der Waals surface area (Å²) in [6, 6.07) is 2.23. The van der Waals surface area contributed by atoms with E-state index in [9.17, 15) is 13.2 Å². The molecule has 0 unspecified atom stereocenters. The van der Waals surface area contributed by atoms with Crippen LogP contribution in [0.1, 0.15) is 11.3 Å². The summed E-state index contributed by atoms with van der Waals surface area (Å²) in [5.41, 5.74) is -0.426. The molecule has 2 nitrogen and oxygen atoms in total. The second-order valence-electron chi connectivity index (χ2n) is 2.67. The molecule has 1 rings (SSSR count). The van der Waals surface area contributed by atoms with Crippen molar-refractivity contribution >= 4 is 11.6 Å². The molecule has 0 fully saturated rings. The van der Waals surface area contributed by atoms with E-state index in [1.54, 1.807) is 7.05 Å². The summed E-state index contributed by atoms with van der Waals surface area (Å²) in [5, 5.41) is 2.66. The number of pyridine rings is 1. The standard InChI is InChI=1S/C8H8ClF3N2/c1-13-4-5-2-3-6(8(10,11)12)14-7(5)9/h2-3,13H,4H2,1H3. The Morgan fingerprint density at radius 2 is 2.07 bits per heavy atom. The highest BCUT2D eigenvalue weighted by Gasteiger charge is 2.32. The third kappa shape index (κ3) is 2.59. The molecule has 1 N–H and O–H groups in total. The van der Waals surface area contributed by atoms with Gasteiger partial charge in [-0.3, -0.25) is 0 Å². The quantitative estimate of drug-likeness (QED) is 0.781. The summed E-state index contributed by atoms with van der Waals surface area (Å²) in [7, 11) is 1.67.